The fourth-order valence-corrected chi connectivity index (χ4v) is 2.24. The Morgan fingerprint density at radius 1 is 1.11 bits per heavy atom. The van der Waals surface area contributed by atoms with Crippen LogP contribution in [0.2, 0.25) is 0 Å². The molecule has 3 heteroatoms. The molecule has 2 N–H and O–H groups in total. The van der Waals surface area contributed by atoms with Crippen molar-refractivity contribution < 1.29 is 4.79 Å². The summed E-state index contributed by atoms with van der Waals surface area (Å²) in [6.45, 7) is 4.24. The summed E-state index contributed by atoms with van der Waals surface area (Å²) >= 11 is 0. The highest BCUT2D eigenvalue weighted by atomic mass is 16.2. The maximum atomic E-state index is 12.0. The number of nitrogens with one attached hydrogen (secondary N) is 2. The second kappa shape index (κ2) is 6.23. The summed E-state index contributed by atoms with van der Waals surface area (Å²) in [6.07, 6.45) is 8.29. The monoisotopic (exact) mass is 256 g/mol. The van der Waals surface area contributed by atoms with E-state index in [-0.39, 0.29) is 18.0 Å². The number of urea groups is 1. The van der Waals surface area contributed by atoms with E-state index < -0.39 is 0 Å². The zero-order valence-corrected chi connectivity index (χ0v) is 11.3. The van der Waals surface area contributed by atoms with E-state index in [0.29, 0.717) is 5.92 Å². The smallest absolute Gasteiger partial charge is 0.319 e. The van der Waals surface area contributed by atoms with Crippen molar-refractivity contribution in [1.29, 1.82) is 0 Å². The van der Waals surface area contributed by atoms with Gasteiger partial charge in [-0.1, -0.05) is 56.4 Å². The molecule has 0 aliphatic heterocycles. The van der Waals surface area contributed by atoms with Gasteiger partial charge < -0.3 is 10.6 Å². The Kier molecular flexibility index (Phi) is 4.39. The van der Waals surface area contributed by atoms with E-state index in [0.717, 1.165) is 5.69 Å². The molecular formula is C16H20N2O. The molecule has 1 atom stereocenters. The standard InChI is InChI=1S/C16H20N2O/c1-12(2)15(13-8-6-7-9-13)18-16(19)17-14-10-4-3-5-11-14/h3-13,15H,1-2H3,(H2,17,18,19)/t15-/m0/s1. The van der Waals surface area contributed by atoms with Crippen LogP contribution in [0.15, 0.2) is 54.6 Å². The van der Waals surface area contributed by atoms with Crippen molar-refractivity contribution in [2.75, 3.05) is 5.32 Å². The predicted molar refractivity (Wildman–Crippen MR) is 79.0 cm³/mol. The van der Waals surface area contributed by atoms with Gasteiger partial charge in [0.1, 0.15) is 0 Å². The first-order valence-corrected chi connectivity index (χ1v) is 6.64. The number of para-hydroxylation sites is 1. The zero-order chi connectivity index (χ0) is 13.7. The zero-order valence-electron chi connectivity index (χ0n) is 11.3. The fraction of sp³-hybridized carbons (Fsp3) is 0.312. The second-order valence-electron chi connectivity index (χ2n) is 5.08. The van der Waals surface area contributed by atoms with E-state index >= 15 is 0 Å². The third kappa shape index (κ3) is 3.71. The highest BCUT2D eigenvalue weighted by Crippen LogP contribution is 2.20. The molecule has 2 rings (SSSR count). The molecule has 19 heavy (non-hydrogen) atoms. The largest absolute Gasteiger partial charge is 0.334 e. The molecule has 0 bridgehead atoms. The minimum absolute atomic E-state index is 0.110. The SMILES string of the molecule is CC(C)[C@H](NC(=O)Nc1ccccc1)C1C=CC=C1. The van der Waals surface area contributed by atoms with Crippen LogP contribution in [0, 0.1) is 11.8 Å². The van der Waals surface area contributed by atoms with Gasteiger partial charge in [0.25, 0.3) is 0 Å². The highest BCUT2D eigenvalue weighted by molar-refractivity contribution is 5.89. The van der Waals surface area contributed by atoms with Gasteiger partial charge >= 0.3 is 6.03 Å². The molecule has 0 spiro atoms. The summed E-state index contributed by atoms with van der Waals surface area (Å²) in [5.41, 5.74) is 0.806. The van der Waals surface area contributed by atoms with Crippen LogP contribution in [0.4, 0.5) is 10.5 Å². The molecule has 0 saturated carbocycles. The van der Waals surface area contributed by atoms with Crippen LogP contribution in [-0.4, -0.2) is 12.1 Å². The number of rotatable bonds is 4. The van der Waals surface area contributed by atoms with Crippen molar-refractivity contribution in [2.45, 2.75) is 19.9 Å². The number of carbonyl (C=O) groups excluding carboxylic acids is 1. The van der Waals surface area contributed by atoms with E-state index in [1.54, 1.807) is 0 Å². The van der Waals surface area contributed by atoms with Crippen LogP contribution < -0.4 is 10.6 Å². The van der Waals surface area contributed by atoms with Gasteiger partial charge in [-0.25, -0.2) is 4.79 Å². The Morgan fingerprint density at radius 2 is 1.74 bits per heavy atom. The van der Waals surface area contributed by atoms with E-state index in [4.69, 9.17) is 0 Å². The molecule has 0 saturated heterocycles. The van der Waals surface area contributed by atoms with Gasteiger partial charge in [0.05, 0.1) is 0 Å². The lowest BCUT2D eigenvalue weighted by Crippen LogP contribution is -2.44. The number of anilines is 1. The van der Waals surface area contributed by atoms with Gasteiger partial charge in [0.15, 0.2) is 0 Å². The van der Waals surface area contributed by atoms with Crippen LogP contribution in [0.1, 0.15) is 13.8 Å². The lowest BCUT2D eigenvalue weighted by atomic mass is 9.91. The van der Waals surface area contributed by atoms with Gasteiger partial charge in [0, 0.05) is 17.6 Å². The summed E-state index contributed by atoms with van der Waals surface area (Å²) in [6, 6.07) is 9.43. The first-order valence-electron chi connectivity index (χ1n) is 6.64. The van der Waals surface area contributed by atoms with Gasteiger partial charge in [-0.15, -0.1) is 0 Å². The van der Waals surface area contributed by atoms with Gasteiger partial charge in [-0.2, -0.15) is 0 Å². The number of benzene rings is 1. The molecule has 100 valence electrons. The number of hydrogen-bond acceptors (Lipinski definition) is 1. The second-order valence-corrected chi connectivity index (χ2v) is 5.08. The van der Waals surface area contributed by atoms with Crippen molar-refractivity contribution in [2.24, 2.45) is 11.8 Å². The number of amides is 2. The topological polar surface area (TPSA) is 41.1 Å². The maximum absolute atomic E-state index is 12.0. The molecule has 2 amide bonds. The lowest BCUT2D eigenvalue weighted by molar-refractivity contribution is 0.241. The molecule has 1 aliphatic carbocycles. The van der Waals surface area contributed by atoms with Crippen LogP contribution in [0.3, 0.4) is 0 Å². The van der Waals surface area contributed by atoms with E-state index in [9.17, 15) is 4.79 Å². The number of allylic oxidation sites excluding steroid dienone is 2. The van der Waals surface area contributed by atoms with E-state index in [1.165, 1.54) is 0 Å². The van der Waals surface area contributed by atoms with Crippen molar-refractivity contribution in [3.63, 3.8) is 0 Å². The lowest BCUT2D eigenvalue weighted by Gasteiger charge is -2.26. The fourth-order valence-electron chi connectivity index (χ4n) is 2.24. The molecule has 1 aromatic carbocycles. The first kappa shape index (κ1) is 13.4. The summed E-state index contributed by atoms with van der Waals surface area (Å²) in [4.78, 5) is 12.0. The molecule has 0 heterocycles. The predicted octanol–water partition coefficient (Wildman–Crippen LogP) is 3.57. The normalized spacial score (nSPS) is 15.7. The molecule has 1 aromatic rings. The Morgan fingerprint density at radius 3 is 2.32 bits per heavy atom. The quantitative estimate of drug-likeness (QED) is 0.849. The van der Waals surface area contributed by atoms with Crippen LogP contribution in [0.5, 0.6) is 0 Å². The van der Waals surface area contributed by atoms with Crippen molar-refractivity contribution in [3.8, 4) is 0 Å². The molecule has 0 fully saturated rings. The minimum atomic E-state index is -0.154. The first-order chi connectivity index (χ1) is 9.16. The van der Waals surface area contributed by atoms with E-state index in [2.05, 4.69) is 36.6 Å². The van der Waals surface area contributed by atoms with Crippen LogP contribution >= 0.6 is 0 Å². The van der Waals surface area contributed by atoms with Gasteiger partial charge in [0.2, 0.25) is 0 Å². The Bertz CT molecular complexity index is 465. The van der Waals surface area contributed by atoms with Crippen molar-refractivity contribution in [3.05, 3.63) is 54.6 Å². The summed E-state index contributed by atoms with van der Waals surface area (Å²) in [5.74, 6) is 0.653. The van der Waals surface area contributed by atoms with Crippen LogP contribution in [0.25, 0.3) is 0 Å². The third-order valence-electron chi connectivity index (χ3n) is 3.24. The molecule has 0 aromatic heterocycles. The molecule has 1 aliphatic rings. The van der Waals surface area contributed by atoms with E-state index in [1.807, 2.05) is 42.5 Å². The molecule has 0 radical (unpaired) electrons. The van der Waals surface area contributed by atoms with Gasteiger partial charge in [-0.05, 0) is 18.1 Å². The summed E-state index contributed by atoms with van der Waals surface area (Å²) in [7, 11) is 0. The van der Waals surface area contributed by atoms with Crippen LogP contribution in [-0.2, 0) is 0 Å². The summed E-state index contributed by atoms with van der Waals surface area (Å²) in [5, 5.41) is 5.91. The molecule has 3 nitrogen and oxygen atoms in total. The summed E-state index contributed by atoms with van der Waals surface area (Å²) < 4.78 is 0. The third-order valence-corrected chi connectivity index (χ3v) is 3.24. The Labute approximate surface area is 114 Å². The Hall–Kier alpha value is -2.03. The highest BCUT2D eigenvalue weighted by Gasteiger charge is 2.23. The average Bonchev–Trinajstić information content (AvgIpc) is 2.90. The number of carbonyl (C=O) groups is 1. The molecular weight excluding hydrogens is 236 g/mol. The average molecular weight is 256 g/mol. The number of hydrogen-bond donors (Lipinski definition) is 2. The Balaban J connectivity index is 1.96. The van der Waals surface area contributed by atoms with Crippen molar-refractivity contribution >= 4 is 11.7 Å². The maximum Gasteiger partial charge on any atom is 0.319 e. The molecule has 0 unspecified atom stereocenters. The van der Waals surface area contributed by atoms with Crippen molar-refractivity contribution in [1.82, 2.24) is 5.32 Å². The van der Waals surface area contributed by atoms with Gasteiger partial charge in [-0.3, -0.25) is 0 Å². The minimum Gasteiger partial charge on any atom is -0.334 e.